The number of aromatic nitrogens is 8. The summed E-state index contributed by atoms with van der Waals surface area (Å²) in [6.07, 6.45) is -3.64. The summed E-state index contributed by atoms with van der Waals surface area (Å²) in [5.74, 6) is -8.81. The highest BCUT2D eigenvalue weighted by Gasteiger charge is 2.51. The highest BCUT2D eigenvalue weighted by Crippen LogP contribution is 2.48. The molecule has 3 unspecified atom stereocenters. The van der Waals surface area contributed by atoms with Gasteiger partial charge in [0.2, 0.25) is 11.8 Å². The van der Waals surface area contributed by atoms with Crippen molar-refractivity contribution in [3.8, 4) is 23.0 Å². The Morgan fingerprint density at radius 1 is 1.02 bits per heavy atom. The van der Waals surface area contributed by atoms with E-state index in [0.29, 0.717) is 23.6 Å². The summed E-state index contributed by atoms with van der Waals surface area (Å²) in [7, 11) is -0.380. The summed E-state index contributed by atoms with van der Waals surface area (Å²) in [6, 6.07) is 4.30. The summed E-state index contributed by atoms with van der Waals surface area (Å²) in [6.45, 7) is -0.969. The zero-order valence-corrected chi connectivity index (χ0v) is 34.3. The number of benzene rings is 2. The van der Waals surface area contributed by atoms with Crippen molar-refractivity contribution in [2.45, 2.75) is 75.8 Å². The number of nitrogens with zero attached hydrogens (tertiary/aromatic N) is 8. The molecule has 3 atom stereocenters. The lowest BCUT2D eigenvalue weighted by Crippen LogP contribution is -2.38. The van der Waals surface area contributed by atoms with E-state index in [0.717, 1.165) is 34.4 Å². The highest BCUT2D eigenvalue weighted by atomic mass is 35.5. The summed E-state index contributed by atoms with van der Waals surface area (Å²) in [4.78, 5) is 41.7. The first kappa shape index (κ1) is 43.7. The van der Waals surface area contributed by atoms with Crippen molar-refractivity contribution in [2.75, 3.05) is 11.8 Å². The minimum Gasteiger partial charge on any atom is -0.480 e. The van der Waals surface area contributed by atoms with Gasteiger partial charge in [-0.2, -0.15) is 19.0 Å². The lowest BCUT2D eigenvalue weighted by atomic mass is 10.0. The van der Waals surface area contributed by atoms with Gasteiger partial charge in [-0.3, -0.25) is 28.2 Å². The number of alkyl halides is 6. The molecule has 0 spiro atoms. The Labute approximate surface area is 358 Å². The Balaban J connectivity index is 1.33. The maximum absolute atomic E-state index is 15.5. The van der Waals surface area contributed by atoms with Gasteiger partial charge < -0.3 is 10.1 Å². The van der Waals surface area contributed by atoms with Crippen LogP contribution in [0.1, 0.15) is 60.6 Å². The minimum atomic E-state index is -3.66. The van der Waals surface area contributed by atoms with E-state index < -0.39 is 114 Å². The van der Waals surface area contributed by atoms with Crippen LogP contribution in [-0.4, -0.2) is 68.0 Å². The molecule has 0 saturated heterocycles. The molecule has 1 fully saturated rings. The van der Waals surface area contributed by atoms with E-state index >= 15 is 8.78 Å². The lowest BCUT2D eigenvalue weighted by molar-refractivity contribution is -0.123. The van der Waals surface area contributed by atoms with Crippen LogP contribution in [0.25, 0.3) is 28.0 Å². The van der Waals surface area contributed by atoms with E-state index in [1.165, 1.54) is 31.6 Å². The Morgan fingerprint density at radius 2 is 1.75 bits per heavy atom. The Hall–Kier alpha value is -5.97. The van der Waals surface area contributed by atoms with Gasteiger partial charge in [-0.1, -0.05) is 18.5 Å². The van der Waals surface area contributed by atoms with Crippen molar-refractivity contribution in [3.63, 3.8) is 0 Å². The molecule has 332 valence electrons. The van der Waals surface area contributed by atoms with Crippen molar-refractivity contribution in [1.82, 2.24) is 44.4 Å². The highest BCUT2D eigenvalue weighted by molar-refractivity contribution is 7.87. The zero-order chi connectivity index (χ0) is 45.1. The number of anilines is 1. The van der Waals surface area contributed by atoms with Crippen LogP contribution in [-0.2, 0) is 47.6 Å². The van der Waals surface area contributed by atoms with Crippen LogP contribution in [0.2, 0.25) is 5.02 Å². The molecular formula is C39H33ClF8N10O4S. The molecule has 2 aromatic carbocycles. The smallest absolute Gasteiger partial charge is 0.292 e. The van der Waals surface area contributed by atoms with Gasteiger partial charge >= 0.3 is 0 Å². The van der Waals surface area contributed by atoms with E-state index in [2.05, 4.69) is 35.2 Å². The molecule has 4 heterocycles. The third-order valence-corrected chi connectivity index (χ3v) is 12.3. The minimum absolute atomic E-state index is 0.0239. The van der Waals surface area contributed by atoms with Crippen molar-refractivity contribution in [3.05, 3.63) is 104 Å². The monoisotopic (exact) mass is 924 g/mol. The van der Waals surface area contributed by atoms with Gasteiger partial charge in [-0.05, 0) is 49.1 Å². The largest absolute Gasteiger partial charge is 0.480 e. The van der Waals surface area contributed by atoms with Gasteiger partial charge in [0.1, 0.15) is 58.6 Å². The van der Waals surface area contributed by atoms with Crippen molar-refractivity contribution >= 4 is 45.2 Å². The maximum Gasteiger partial charge on any atom is 0.292 e. The molecule has 24 heteroatoms. The molecule has 1 saturated carbocycles. The molecule has 2 aliphatic rings. The third kappa shape index (κ3) is 8.59. The van der Waals surface area contributed by atoms with Crippen LogP contribution in [0, 0.1) is 17.6 Å². The van der Waals surface area contributed by atoms with Crippen molar-refractivity contribution in [1.29, 1.82) is 0 Å². The number of rotatable bonds is 15. The van der Waals surface area contributed by atoms with Gasteiger partial charge in [0, 0.05) is 30.0 Å². The average molecular weight is 925 g/mol. The molecule has 14 nitrogen and oxygen atoms in total. The van der Waals surface area contributed by atoms with Crippen LogP contribution in [0.5, 0.6) is 5.88 Å². The van der Waals surface area contributed by atoms with E-state index in [9.17, 15) is 40.1 Å². The third-order valence-electron chi connectivity index (χ3n) is 10.5. The predicted molar refractivity (Wildman–Crippen MR) is 211 cm³/mol. The number of hydrogen-bond donors (Lipinski definition) is 2. The van der Waals surface area contributed by atoms with Gasteiger partial charge in [0.05, 0.1) is 58.1 Å². The molecule has 1 amide bonds. The zero-order valence-electron chi connectivity index (χ0n) is 32.8. The number of fused-ring (bicyclic) bond motifs is 2. The molecule has 2 N–H and O–H groups in total. The van der Waals surface area contributed by atoms with Crippen molar-refractivity contribution < 1.29 is 48.9 Å². The topological polar surface area (TPSA) is 164 Å². The Bertz CT molecular complexity index is 2820. The average Bonchev–Trinajstić information content (AvgIpc) is 3.87. The van der Waals surface area contributed by atoms with Crippen LogP contribution >= 0.6 is 11.6 Å². The SMILES string of the molecule is COc1cnc(-c2cc(=O)n(-c3ccc(Cl)c4c(NS(=O)C5CC5)nn(CC(F)F)c34)c(C(Cc3cc(F)cc(F)c3)NC(=O)Cn3nc(C(F)F)c4c3C(F)(F)C(C)C4)n2)cn1. The first-order valence-electron chi connectivity index (χ1n) is 19.1. The molecule has 0 aliphatic heterocycles. The number of carbonyl (C=O) groups is 1. The molecule has 4 aromatic heterocycles. The number of hydrogen-bond acceptors (Lipinski definition) is 9. The number of halogens is 9. The number of carbonyl (C=O) groups excluding carboxylic acids is 1. The normalized spacial score (nSPS) is 16.7. The second-order valence-corrected chi connectivity index (χ2v) is 16.8. The predicted octanol–water partition coefficient (Wildman–Crippen LogP) is 7.00. The summed E-state index contributed by atoms with van der Waals surface area (Å²) in [5.41, 5.74) is -3.89. The summed E-state index contributed by atoms with van der Waals surface area (Å²) in [5, 5.41) is 10.1. The fraction of sp³-hybridized carbons (Fsp3) is 0.359. The molecule has 0 radical (unpaired) electrons. The van der Waals surface area contributed by atoms with Crippen LogP contribution in [0.3, 0.4) is 0 Å². The van der Waals surface area contributed by atoms with Gasteiger partial charge in [-0.15, -0.1) is 0 Å². The van der Waals surface area contributed by atoms with Gasteiger partial charge in [0.25, 0.3) is 24.3 Å². The molecule has 8 rings (SSSR count). The summed E-state index contributed by atoms with van der Waals surface area (Å²) < 4.78 is 140. The molecule has 0 bridgehead atoms. The maximum atomic E-state index is 15.5. The number of methoxy groups -OCH3 is 1. The molecular weight excluding hydrogens is 892 g/mol. The Kier molecular flexibility index (Phi) is 11.8. The number of nitrogens with one attached hydrogen (secondary N) is 2. The second-order valence-electron chi connectivity index (χ2n) is 14.9. The summed E-state index contributed by atoms with van der Waals surface area (Å²) >= 11 is 6.65. The van der Waals surface area contributed by atoms with Crippen molar-refractivity contribution in [2.24, 2.45) is 5.92 Å². The Morgan fingerprint density at radius 3 is 2.38 bits per heavy atom. The molecule has 6 aromatic rings. The van der Waals surface area contributed by atoms with Crippen LogP contribution < -0.4 is 20.3 Å². The second kappa shape index (κ2) is 17.0. The standard InChI is InChI=1S/C39H33ClF8N10O4S/c1-17-7-22-33(36(45)46)53-57(35(22)39(17,47)48)16-29(59)51-25(10-18-8-19(41)11-20(42)9-18)38-52-24(26-13-50-30(62-2)14-49-26)12-31(60)58(38)27-6-5-23(40)32-34(27)56(15-28(43)44)54-37(32)55-63(61)21-3-4-21/h5-6,8-9,11-14,17,21,25,28,36H,3-4,7,10,15-16H2,1-2H3,(H,51,59)(H,54,55). The fourth-order valence-corrected chi connectivity index (χ4v) is 8.80. The molecule has 63 heavy (non-hydrogen) atoms. The number of amides is 1. The number of ether oxygens (including phenoxy) is 1. The van der Waals surface area contributed by atoms with E-state index in [4.69, 9.17) is 16.3 Å². The van der Waals surface area contributed by atoms with Gasteiger partial charge in [0.15, 0.2) is 5.82 Å². The lowest BCUT2D eigenvalue weighted by Gasteiger charge is -2.24. The molecule has 2 aliphatic carbocycles. The van der Waals surface area contributed by atoms with E-state index in [1.807, 2.05) is 0 Å². The van der Waals surface area contributed by atoms with E-state index in [-0.39, 0.29) is 55.5 Å². The van der Waals surface area contributed by atoms with Crippen LogP contribution in [0.15, 0.2) is 53.6 Å². The first-order valence-corrected chi connectivity index (χ1v) is 20.7. The van der Waals surface area contributed by atoms with Gasteiger partial charge in [-0.25, -0.2) is 45.5 Å². The van der Waals surface area contributed by atoms with Crippen LogP contribution in [0.4, 0.5) is 40.9 Å². The quantitative estimate of drug-likeness (QED) is 0.103. The first-order chi connectivity index (χ1) is 29.9. The van der Waals surface area contributed by atoms with E-state index in [1.54, 1.807) is 0 Å². The fourth-order valence-electron chi connectivity index (χ4n) is 7.50.